The molecular formula is C16H22N8. The Hall–Kier alpha value is -2.51. The Bertz CT molecular complexity index is 864. The molecule has 1 saturated heterocycles. The van der Waals surface area contributed by atoms with Crippen LogP contribution in [0.2, 0.25) is 0 Å². The van der Waals surface area contributed by atoms with Gasteiger partial charge in [-0.05, 0) is 33.1 Å². The zero-order valence-electron chi connectivity index (χ0n) is 14.3. The van der Waals surface area contributed by atoms with Crippen LogP contribution in [0.4, 0.5) is 5.82 Å². The van der Waals surface area contributed by atoms with E-state index < -0.39 is 0 Å². The van der Waals surface area contributed by atoms with Gasteiger partial charge in [0.1, 0.15) is 23.8 Å². The van der Waals surface area contributed by atoms with E-state index >= 15 is 0 Å². The third-order valence-corrected chi connectivity index (χ3v) is 4.75. The van der Waals surface area contributed by atoms with Gasteiger partial charge in [-0.25, -0.2) is 19.6 Å². The molecule has 0 aliphatic carbocycles. The predicted octanol–water partition coefficient (Wildman–Crippen LogP) is 1.63. The number of nitrogens with zero attached hydrogens (tertiary/aromatic N) is 8. The van der Waals surface area contributed by atoms with Gasteiger partial charge in [0, 0.05) is 13.6 Å². The standard InChI is InChI=1S/C16H22N8/c1-11-20-12(2)24(21-11)9-13-6-4-5-7-23(13)16-14-8-19-22(3)15(14)17-10-18-16/h8,10,13H,4-7,9H2,1-3H3/t13-/m1/s1. The fraction of sp³-hybridized carbons (Fsp3) is 0.562. The highest BCUT2D eigenvalue weighted by Gasteiger charge is 2.27. The van der Waals surface area contributed by atoms with Crippen molar-refractivity contribution in [2.24, 2.45) is 7.05 Å². The van der Waals surface area contributed by atoms with Crippen molar-refractivity contribution < 1.29 is 0 Å². The van der Waals surface area contributed by atoms with Crippen LogP contribution in [0.5, 0.6) is 0 Å². The summed E-state index contributed by atoms with van der Waals surface area (Å²) in [5.74, 6) is 2.77. The van der Waals surface area contributed by atoms with Crippen molar-refractivity contribution in [2.45, 2.75) is 45.7 Å². The van der Waals surface area contributed by atoms with Crippen LogP contribution >= 0.6 is 0 Å². The molecule has 0 unspecified atom stereocenters. The Morgan fingerprint density at radius 3 is 2.88 bits per heavy atom. The van der Waals surface area contributed by atoms with Gasteiger partial charge in [-0.2, -0.15) is 10.2 Å². The molecule has 1 aliphatic heterocycles. The van der Waals surface area contributed by atoms with Gasteiger partial charge < -0.3 is 4.90 Å². The monoisotopic (exact) mass is 326 g/mol. The molecular weight excluding hydrogens is 304 g/mol. The van der Waals surface area contributed by atoms with E-state index in [0.717, 1.165) is 48.0 Å². The predicted molar refractivity (Wildman–Crippen MR) is 90.8 cm³/mol. The third-order valence-electron chi connectivity index (χ3n) is 4.75. The Labute approximate surface area is 140 Å². The summed E-state index contributed by atoms with van der Waals surface area (Å²) >= 11 is 0. The quantitative estimate of drug-likeness (QED) is 0.728. The van der Waals surface area contributed by atoms with Crippen molar-refractivity contribution in [2.75, 3.05) is 11.4 Å². The van der Waals surface area contributed by atoms with Crippen LogP contribution in [-0.2, 0) is 13.6 Å². The van der Waals surface area contributed by atoms with Gasteiger partial charge >= 0.3 is 0 Å². The van der Waals surface area contributed by atoms with Gasteiger partial charge in [0.15, 0.2) is 5.65 Å². The molecule has 4 heterocycles. The van der Waals surface area contributed by atoms with Crippen LogP contribution in [0.15, 0.2) is 12.5 Å². The van der Waals surface area contributed by atoms with Crippen molar-refractivity contribution in [3.05, 3.63) is 24.2 Å². The Morgan fingerprint density at radius 1 is 1.21 bits per heavy atom. The molecule has 4 rings (SSSR count). The van der Waals surface area contributed by atoms with Gasteiger partial charge in [-0.15, -0.1) is 0 Å². The number of piperidine rings is 1. The summed E-state index contributed by atoms with van der Waals surface area (Å²) < 4.78 is 3.81. The summed E-state index contributed by atoms with van der Waals surface area (Å²) in [6.07, 6.45) is 7.04. The maximum atomic E-state index is 4.58. The molecule has 0 N–H and O–H groups in total. The fourth-order valence-electron chi connectivity index (χ4n) is 3.58. The Morgan fingerprint density at radius 2 is 2.08 bits per heavy atom. The molecule has 0 spiro atoms. The van der Waals surface area contributed by atoms with Crippen LogP contribution in [0.3, 0.4) is 0 Å². The van der Waals surface area contributed by atoms with Crippen molar-refractivity contribution in [1.82, 2.24) is 34.5 Å². The largest absolute Gasteiger partial charge is 0.351 e. The van der Waals surface area contributed by atoms with Gasteiger partial charge in [0.2, 0.25) is 0 Å². The molecule has 3 aromatic heterocycles. The third kappa shape index (κ3) is 2.51. The van der Waals surface area contributed by atoms with E-state index in [0.29, 0.717) is 6.04 Å². The van der Waals surface area contributed by atoms with E-state index in [1.54, 1.807) is 11.0 Å². The average molecular weight is 326 g/mol. The molecule has 0 radical (unpaired) electrons. The lowest BCUT2D eigenvalue weighted by atomic mass is 10.0. The lowest BCUT2D eigenvalue weighted by molar-refractivity contribution is 0.392. The van der Waals surface area contributed by atoms with E-state index in [9.17, 15) is 0 Å². The minimum Gasteiger partial charge on any atom is -0.351 e. The summed E-state index contributed by atoms with van der Waals surface area (Å²) in [4.78, 5) is 15.8. The van der Waals surface area contributed by atoms with Gasteiger partial charge in [-0.1, -0.05) is 0 Å². The number of aryl methyl sites for hydroxylation is 3. The molecule has 8 nitrogen and oxygen atoms in total. The summed E-state index contributed by atoms with van der Waals surface area (Å²) in [6.45, 7) is 5.78. The molecule has 1 aliphatic rings. The van der Waals surface area contributed by atoms with Gasteiger partial charge in [0.05, 0.1) is 24.2 Å². The number of anilines is 1. The van der Waals surface area contributed by atoms with E-state index in [4.69, 9.17) is 0 Å². The van der Waals surface area contributed by atoms with Crippen LogP contribution in [0.25, 0.3) is 11.0 Å². The summed E-state index contributed by atoms with van der Waals surface area (Å²) in [5, 5.41) is 9.88. The lowest BCUT2D eigenvalue weighted by Gasteiger charge is -2.36. The smallest absolute Gasteiger partial charge is 0.163 e. The van der Waals surface area contributed by atoms with E-state index in [-0.39, 0.29) is 0 Å². The molecule has 1 atom stereocenters. The van der Waals surface area contributed by atoms with E-state index in [1.807, 2.05) is 31.8 Å². The van der Waals surface area contributed by atoms with Crippen molar-refractivity contribution in [3.63, 3.8) is 0 Å². The first-order valence-electron chi connectivity index (χ1n) is 8.41. The molecule has 8 heteroatoms. The normalized spacial score (nSPS) is 18.5. The second kappa shape index (κ2) is 5.85. The molecule has 0 aromatic carbocycles. The number of rotatable bonds is 3. The molecule has 3 aromatic rings. The average Bonchev–Trinajstić information content (AvgIpc) is 3.11. The summed E-state index contributed by atoms with van der Waals surface area (Å²) in [5.41, 5.74) is 0.872. The van der Waals surface area contributed by atoms with Crippen molar-refractivity contribution in [1.29, 1.82) is 0 Å². The molecule has 0 bridgehead atoms. The molecule has 126 valence electrons. The molecule has 0 amide bonds. The number of fused-ring (bicyclic) bond motifs is 1. The van der Waals surface area contributed by atoms with E-state index in [1.165, 1.54) is 12.8 Å². The number of hydrogen-bond donors (Lipinski definition) is 0. The van der Waals surface area contributed by atoms with Gasteiger partial charge in [-0.3, -0.25) is 4.68 Å². The maximum absolute atomic E-state index is 4.58. The minimum atomic E-state index is 0.358. The Balaban J connectivity index is 1.70. The van der Waals surface area contributed by atoms with Crippen LogP contribution in [0.1, 0.15) is 30.9 Å². The van der Waals surface area contributed by atoms with Gasteiger partial charge in [0.25, 0.3) is 0 Å². The first-order chi connectivity index (χ1) is 11.6. The highest BCUT2D eigenvalue weighted by molar-refractivity contribution is 5.86. The van der Waals surface area contributed by atoms with E-state index in [2.05, 4.69) is 30.0 Å². The molecule has 1 fully saturated rings. The summed E-state index contributed by atoms with van der Waals surface area (Å²) in [7, 11) is 1.91. The zero-order chi connectivity index (χ0) is 16.7. The summed E-state index contributed by atoms with van der Waals surface area (Å²) in [6, 6.07) is 0.358. The van der Waals surface area contributed by atoms with Crippen LogP contribution in [-0.4, -0.2) is 47.1 Å². The maximum Gasteiger partial charge on any atom is 0.163 e. The first-order valence-corrected chi connectivity index (χ1v) is 8.41. The topological polar surface area (TPSA) is 77.5 Å². The minimum absolute atomic E-state index is 0.358. The lowest BCUT2D eigenvalue weighted by Crippen LogP contribution is -2.43. The van der Waals surface area contributed by atoms with Crippen LogP contribution < -0.4 is 4.90 Å². The zero-order valence-corrected chi connectivity index (χ0v) is 14.3. The highest BCUT2D eigenvalue weighted by Crippen LogP contribution is 2.29. The number of aromatic nitrogens is 7. The first kappa shape index (κ1) is 15.0. The number of hydrogen-bond acceptors (Lipinski definition) is 6. The SMILES string of the molecule is Cc1nc(C)n(C[C@H]2CCCCN2c2ncnc3c2cnn3C)n1. The van der Waals surface area contributed by atoms with Crippen molar-refractivity contribution in [3.8, 4) is 0 Å². The fourth-order valence-corrected chi connectivity index (χ4v) is 3.58. The second-order valence-electron chi connectivity index (χ2n) is 6.43. The second-order valence-corrected chi connectivity index (χ2v) is 6.43. The molecule has 0 saturated carbocycles. The molecule has 24 heavy (non-hydrogen) atoms. The van der Waals surface area contributed by atoms with Crippen LogP contribution in [0, 0.1) is 13.8 Å². The van der Waals surface area contributed by atoms with Crippen molar-refractivity contribution >= 4 is 16.9 Å². The Kier molecular flexibility index (Phi) is 3.66. The highest BCUT2D eigenvalue weighted by atomic mass is 15.4.